The third-order valence-corrected chi connectivity index (χ3v) is 15.0. The first kappa shape index (κ1) is 26.5. The summed E-state index contributed by atoms with van der Waals surface area (Å²) in [6.45, 7) is 20.6. The molecule has 1 unspecified atom stereocenters. The van der Waals surface area contributed by atoms with Crippen molar-refractivity contribution in [3.63, 3.8) is 0 Å². The fraction of sp³-hybridized carbons (Fsp3) is 0.944. The number of nitrogens with one attached hydrogen (secondary N) is 1. The Morgan fingerprint density at radius 2 is 1.44 bits per heavy atom. The first-order chi connectivity index (χ1) is 11.9. The van der Waals surface area contributed by atoms with Crippen LogP contribution >= 0.6 is 0 Å². The number of carboxylic acid groups (broad SMARTS) is 1. The molecule has 9 heteroatoms. The lowest BCUT2D eigenvalue weighted by Gasteiger charge is -2.44. The van der Waals surface area contributed by atoms with Crippen LogP contribution in [0.2, 0.25) is 36.3 Å². The molecule has 0 bridgehead atoms. The molecule has 7 nitrogen and oxygen atoms in total. The molecule has 0 radical (unpaired) electrons. The van der Waals surface area contributed by atoms with Gasteiger partial charge in [-0.25, -0.2) is 4.79 Å². The fourth-order valence-electron chi connectivity index (χ4n) is 1.97. The van der Waals surface area contributed by atoms with Crippen molar-refractivity contribution < 1.29 is 29.0 Å². The monoisotopic (exact) mass is 423 g/mol. The van der Waals surface area contributed by atoms with Gasteiger partial charge in [0.05, 0.1) is 31.5 Å². The molecule has 0 rings (SSSR count). The van der Waals surface area contributed by atoms with Gasteiger partial charge in [0, 0.05) is 0 Å². The average Bonchev–Trinajstić information content (AvgIpc) is 2.45. The Hall–Kier alpha value is -0.456. The van der Waals surface area contributed by atoms with E-state index < -0.39 is 47.6 Å². The summed E-state index contributed by atoms with van der Waals surface area (Å²) >= 11 is 0. The Balaban J connectivity index is 5.75. The molecular formula is C18H41NO6Si2. The number of carbonyl (C=O) groups is 1. The second kappa shape index (κ2) is 9.36. The van der Waals surface area contributed by atoms with Gasteiger partial charge < -0.3 is 29.5 Å². The average molecular weight is 424 g/mol. The maximum Gasteiger partial charge on any atom is 0.405 e. The summed E-state index contributed by atoms with van der Waals surface area (Å²) in [5, 5.41) is 31.1. The summed E-state index contributed by atoms with van der Waals surface area (Å²) in [6.07, 6.45) is -3.25. The maximum absolute atomic E-state index is 11.3. The summed E-state index contributed by atoms with van der Waals surface area (Å²) in [4.78, 5) is 11.3. The SMILES string of the molecule is CC(C)(C)[Si](C)(C)OC[C@@H](O[Si](C)(C)C(C)(C)C)[C@@H](NC(=O)O)C(O)CO. The van der Waals surface area contributed by atoms with Gasteiger partial charge in [-0.15, -0.1) is 0 Å². The summed E-state index contributed by atoms with van der Waals surface area (Å²) in [5.74, 6) is 0. The van der Waals surface area contributed by atoms with Crippen LogP contribution in [0.25, 0.3) is 0 Å². The van der Waals surface area contributed by atoms with E-state index in [4.69, 9.17) is 8.85 Å². The molecule has 3 atom stereocenters. The Morgan fingerprint density at radius 1 is 1.00 bits per heavy atom. The molecule has 0 fully saturated rings. The summed E-state index contributed by atoms with van der Waals surface area (Å²) in [6, 6.07) is -0.980. The van der Waals surface area contributed by atoms with E-state index in [0.29, 0.717) is 0 Å². The molecule has 0 spiro atoms. The van der Waals surface area contributed by atoms with Crippen molar-refractivity contribution in [3.05, 3.63) is 0 Å². The molecule has 1 amide bonds. The van der Waals surface area contributed by atoms with Gasteiger partial charge in [-0.2, -0.15) is 0 Å². The molecule has 0 heterocycles. The zero-order valence-corrected chi connectivity index (χ0v) is 20.7. The molecule has 0 aliphatic carbocycles. The molecule has 162 valence electrons. The third-order valence-electron chi connectivity index (χ3n) is 5.96. The van der Waals surface area contributed by atoms with E-state index in [2.05, 4.69) is 73.0 Å². The second-order valence-corrected chi connectivity index (χ2v) is 19.8. The van der Waals surface area contributed by atoms with E-state index >= 15 is 0 Å². The Labute approximate surface area is 166 Å². The standard InChI is InChI=1S/C18H41NO6Si2/c1-17(2,3)26(7,8)24-12-14(25-27(9,10)18(4,5)6)15(13(21)11-20)19-16(22)23/h13-15,19-21H,11-12H2,1-10H3,(H,22,23)/t13?,14-,15+/m1/s1. The van der Waals surface area contributed by atoms with Crippen molar-refractivity contribution in [2.75, 3.05) is 13.2 Å². The number of rotatable bonds is 9. The van der Waals surface area contributed by atoms with E-state index in [0.717, 1.165) is 0 Å². The van der Waals surface area contributed by atoms with Crippen LogP contribution < -0.4 is 5.32 Å². The minimum atomic E-state index is -2.27. The van der Waals surface area contributed by atoms with E-state index in [9.17, 15) is 20.1 Å². The molecule has 0 aromatic rings. The van der Waals surface area contributed by atoms with Crippen LogP contribution in [0.15, 0.2) is 0 Å². The minimum Gasteiger partial charge on any atom is -0.465 e. The predicted molar refractivity (Wildman–Crippen MR) is 113 cm³/mol. The number of amides is 1. The highest BCUT2D eigenvalue weighted by Crippen LogP contribution is 2.39. The molecule has 4 N–H and O–H groups in total. The Kier molecular flexibility index (Phi) is 9.20. The van der Waals surface area contributed by atoms with Crippen LogP contribution in [0.3, 0.4) is 0 Å². The summed E-state index contributed by atoms with van der Waals surface area (Å²) in [7, 11) is -4.38. The minimum absolute atomic E-state index is 0.0140. The van der Waals surface area contributed by atoms with Gasteiger partial charge in [0.1, 0.15) is 0 Å². The van der Waals surface area contributed by atoms with Crippen LogP contribution in [0.4, 0.5) is 4.79 Å². The normalized spacial score (nSPS) is 17.3. The zero-order valence-electron chi connectivity index (χ0n) is 18.7. The van der Waals surface area contributed by atoms with Gasteiger partial charge in [-0.3, -0.25) is 0 Å². The quantitative estimate of drug-likeness (QED) is 0.423. The number of aliphatic hydroxyl groups is 2. The first-order valence-electron chi connectivity index (χ1n) is 9.46. The van der Waals surface area contributed by atoms with Gasteiger partial charge in [0.2, 0.25) is 0 Å². The molecule has 0 aliphatic heterocycles. The molecule has 0 aromatic carbocycles. The van der Waals surface area contributed by atoms with E-state index in [1.165, 1.54) is 0 Å². The van der Waals surface area contributed by atoms with Crippen molar-refractivity contribution in [2.24, 2.45) is 0 Å². The number of aliphatic hydroxyl groups excluding tert-OH is 2. The van der Waals surface area contributed by atoms with Crippen LogP contribution in [0, 0.1) is 0 Å². The summed E-state index contributed by atoms with van der Waals surface area (Å²) in [5.41, 5.74) is 0. The maximum atomic E-state index is 11.3. The van der Waals surface area contributed by atoms with Crippen molar-refractivity contribution in [1.29, 1.82) is 0 Å². The topological polar surface area (TPSA) is 108 Å². The van der Waals surface area contributed by atoms with E-state index in [1.54, 1.807) is 0 Å². The van der Waals surface area contributed by atoms with Crippen molar-refractivity contribution in [2.45, 2.75) is 96.1 Å². The van der Waals surface area contributed by atoms with Gasteiger partial charge in [0.25, 0.3) is 0 Å². The predicted octanol–water partition coefficient (Wildman–Crippen LogP) is 3.39. The highest BCUT2D eigenvalue weighted by molar-refractivity contribution is 6.74. The van der Waals surface area contributed by atoms with Gasteiger partial charge in [-0.1, -0.05) is 41.5 Å². The highest BCUT2D eigenvalue weighted by atomic mass is 28.4. The zero-order chi connectivity index (χ0) is 21.8. The van der Waals surface area contributed by atoms with Crippen LogP contribution in [0.1, 0.15) is 41.5 Å². The van der Waals surface area contributed by atoms with Gasteiger partial charge >= 0.3 is 6.09 Å². The lowest BCUT2D eigenvalue weighted by molar-refractivity contribution is -0.00525. The molecule has 27 heavy (non-hydrogen) atoms. The molecule has 0 aliphatic rings. The first-order valence-corrected chi connectivity index (χ1v) is 15.3. The molecular weight excluding hydrogens is 382 g/mol. The lowest BCUT2D eigenvalue weighted by atomic mass is 10.1. The highest BCUT2D eigenvalue weighted by Gasteiger charge is 2.44. The smallest absolute Gasteiger partial charge is 0.405 e. The second-order valence-electron chi connectivity index (χ2n) is 10.2. The molecule has 0 saturated carbocycles. The summed E-state index contributed by atoms with van der Waals surface area (Å²) < 4.78 is 12.7. The Bertz CT molecular complexity index is 485. The van der Waals surface area contributed by atoms with Gasteiger partial charge in [0.15, 0.2) is 16.6 Å². The van der Waals surface area contributed by atoms with E-state index in [-0.39, 0.29) is 16.7 Å². The van der Waals surface area contributed by atoms with Crippen molar-refractivity contribution in [3.8, 4) is 0 Å². The van der Waals surface area contributed by atoms with Crippen LogP contribution in [-0.2, 0) is 8.85 Å². The van der Waals surface area contributed by atoms with Crippen LogP contribution in [0.5, 0.6) is 0 Å². The van der Waals surface area contributed by atoms with E-state index in [1.807, 2.05) is 0 Å². The largest absolute Gasteiger partial charge is 0.465 e. The van der Waals surface area contributed by atoms with Crippen molar-refractivity contribution in [1.82, 2.24) is 5.32 Å². The number of hydrogen-bond acceptors (Lipinski definition) is 5. The fourth-order valence-corrected chi connectivity index (χ4v) is 4.31. The molecule has 0 saturated heterocycles. The third kappa shape index (κ3) is 7.82. The molecule has 0 aromatic heterocycles. The van der Waals surface area contributed by atoms with Crippen molar-refractivity contribution >= 4 is 22.7 Å². The Morgan fingerprint density at radius 3 is 1.78 bits per heavy atom. The number of hydrogen-bond donors (Lipinski definition) is 4. The van der Waals surface area contributed by atoms with Crippen LogP contribution in [-0.4, -0.2) is 69.5 Å². The van der Waals surface area contributed by atoms with Gasteiger partial charge in [-0.05, 0) is 36.3 Å². The lowest BCUT2D eigenvalue weighted by Crippen LogP contribution is -2.59.